The fraction of sp³-hybridized carbons (Fsp3) is 0.250. The van der Waals surface area contributed by atoms with Crippen LogP contribution >= 0.6 is 15.9 Å². The fourth-order valence-corrected chi connectivity index (χ4v) is 3.68. The predicted molar refractivity (Wildman–Crippen MR) is 106 cm³/mol. The van der Waals surface area contributed by atoms with Crippen LogP contribution in [0.1, 0.15) is 18.0 Å². The Labute approximate surface area is 174 Å². The van der Waals surface area contributed by atoms with Gasteiger partial charge in [-0.05, 0) is 45.8 Å². The van der Waals surface area contributed by atoms with Crippen molar-refractivity contribution >= 4 is 39.3 Å². The molecule has 2 aromatic rings. The Morgan fingerprint density at radius 3 is 2.55 bits per heavy atom. The van der Waals surface area contributed by atoms with Crippen molar-refractivity contribution in [1.29, 1.82) is 0 Å². The van der Waals surface area contributed by atoms with Gasteiger partial charge in [-0.2, -0.15) is 0 Å². The number of hydrogen-bond donors (Lipinski definition) is 2. The topological polar surface area (TPSA) is 78.5 Å². The highest BCUT2D eigenvalue weighted by molar-refractivity contribution is 9.10. The molecule has 2 atom stereocenters. The molecular formula is C20H18BrF2N3O3. The van der Waals surface area contributed by atoms with Gasteiger partial charge in [-0.25, -0.2) is 8.78 Å². The van der Waals surface area contributed by atoms with Crippen molar-refractivity contribution in [2.24, 2.45) is 5.92 Å². The highest BCUT2D eigenvalue weighted by atomic mass is 79.9. The summed E-state index contributed by atoms with van der Waals surface area (Å²) < 4.78 is 27.5. The summed E-state index contributed by atoms with van der Waals surface area (Å²) in [4.78, 5) is 38.9. The minimum absolute atomic E-state index is 0.0224. The van der Waals surface area contributed by atoms with Gasteiger partial charge in [-0.15, -0.1) is 0 Å². The lowest BCUT2D eigenvalue weighted by Crippen LogP contribution is -2.42. The maximum Gasteiger partial charge on any atom is 0.246 e. The number of halogens is 3. The summed E-state index contributed by atoms with van der Waals surface area (Å²) in [5, 5.41) is 4.94. The zero-order valence-corrected chi connectivity index (χ0v) is 17.0. The van der Waals surface area contributed by atoms with E-state index in [9.17, 15) is 23.2 Å². The van der Waals surface area contributed by atoms with Crippen LogP contribution in [0.2, 0.25) is 0 Å². The largest absolute Gasteiger partial charge is 0.357 e. The van der Waals surface area contributed by atoms with Crippen molar-refractivity contribution in [3.05, 3.63) is 64.1 Å². The van der Waals surface area contributed by atoms with Crippen LogP contribution < -0.4 is 15.5 Å². The van der Waals surface area contributed by atoms with Crippen LogP contribution in [0, 0.1) is 17.6 Å². The van der Waals surface area contributed by atoms with Crippen molar-refractivity contribution in [2.45, 2.75) is 12.5 Å². The smallest absolute Gasteiger partial charge is 0.246 e. The Kier molecular flexibility index (Phi) is 6.26. The van der Waals surface area contributed by atoms with E-state index in [2.05, 4.69) is 26.6 Å². The van der Waals surface area contributed by atoms with Crippen molar-refractivity contribution < 1.29 is 23.2 Å². The van der Waals surface area contributed by atoms with Crippen LogP contribution in [-0.4, -0.2) is 31.3 Å². The van der Waals surface area contributed by atoms with Crippen LogP contribution in [0.5, 0.6) is 0 Å². The van der Waals surface area contributed by atoms with Gasteiger partial charge in [-0.3, -0.25) is 14.4 Å². The summed E-state index contributed by atoms with van der Waals surface area (Å²) in [6.07, 6.45) is -0.0224. The van der Waals surface area contributed by atoms with E-state index in [0.717, 1.165) is 16.6 Å². The average molecular weight is 466 g/mol. The molecule has 29 heavy (non-hydrogen) atoms. The van der Waals surface area contributed by atoms with Gasteiger partial charge in [-0.1, -0.05) is 18.2 Å². The number of para-hydroxylation sites is 1. The van der Waals surface area contributed by atoms with Crippen LogP contribution in [0.15, 0.2) is 46.9 Å². The zero-order valence-electron chi connectivity index (χ0n) is 15.4. The maximum atomic E-state index is 13.6. The standard InChI is InChI=1S/C20H18BrF2N3O3/c1-24-20(29)18(11-6-7-14(22)15(23)8-11)25-19(28)12-9-17(27)26(10-12)16-5-3-2-4-13(16)21/h2-8,12,18H,9-10H2,1H3,(H,24,29)(H,25,28). The van der Waals surface area contributed by atoms with Gasteiger partial charge in [0.15, 0.2) is 11.6 Å². The van der Waals surface area contributed by atoms with E-state index in [1.807, 2.05) is 6.07 Å². The molecule has 1 heterocycles. The molecule has 0 aliphatic carbocycles. The molecule has 2 aromatic carbocycles. The summed E-state index contributed by atoms with van der Waals surface area (Å²) in [5.74, 6) is -4.20. The number of benzene rings is 2. The molecule has 6 nitrogen and oxygen atoms in total. The Balaban J connectivity index is 1.78. The normalized spacial score (nSPS) is 17.2. The summed E-state index contributed by atoms with van der Waals surface area (Å²) in [7, 11) is 1.37. The van der Waals surface area contributed by atoms with Gasteiger partial charge in [0.1, 0.15) is 6.04 Å². The first-order chi connectivity index (χ1) is 13.8. The van der Waals surface area contributed by atoms with Gasteiger partial charge in [0.25, 0.3) is 0 Å². The predicted octanol–water partition coefficient (Wildman–Crippen LogP) is 2.68. The molecule has 1 aliphatic rings. The van der Waals surface area contributed by atoms with Crippen LogP contribution in [0.25, 0.3) is 0 Å². The van der Waals surface area contributed by atoms with Crippen molar-refractivity contribution in [3.8, 4) is 0 Å². The molecule has 3 rings (SSSR count). The first-order valence-electron chi connectivity index (χ1n) is 8.83. The summed E-state index contributed by atoms with van der Waals surface area (Å²) in [6, 6.07) is 8.92. The zero-order chi connectivity index (χ0) is 21.1. The third-order valence-electron chi connectivity index (χ3n) is 4.71. The number of rotatable bonds is 5. The number of anilines is 1. The number of nitrogens with one attached hydrogen (secondary N) is 2. The number of nitrogens with zero attached hydrogens (tertiary/aromatic N) is 1. The van der Waals surface area contributed by atoms with Crippen molar-refractivity contribution in [1.82, 2.24) is 10.6 Å². The number of amides is 3. The average Bonchev–Trinajstić information content (AvgIpc) is 3.09. The molecule has 152 valence electrons. The van der Waals surface area contributed by atoms with Gasteiger partial charge in [0.05, 0.1) is 11.6 Å². The molecule has 0 saturated carbocycles. The fourth-order valence-electron chi connectivity index (χ4n) is 3.18. The third kappa shape index (κ3) is 4.45. The van der Waals surface area contributed by atoms with Crippen molar-refractivity contribution in [2.75, 3.05) is 18.5 Å². The van der Waals surface area contributed by atoms with E-state index >= 15 is 0 Å². The van der Waals surface area contributed by atoms with Gasteiger partial charge < -0.3 is 15.5 Å². The summed E-state index contributed by atoms with van der Waals surface area (Å²) in [6.45, 7) is 0.144. The van der Waals surface area contributed by atoms with Crippen LogP contribution in [0.3, 0.4) is 0 Å². The second-order valence-corrected chi connectivity index (χ2v) is 7.44. The number of likely N-dealkylation sites (N-methyl/N-ethyl adjacent to an activating group) is 1. The highest BCUT2D eigenvalue weighted by Gasteiger charge is 2.37. The molecule has 1 saturated heterocycles. The minimum Gasteiger partial charge on any atom is -0.357 e. The first-order valence-corrected chi connectivity index (χ1v) is 9.63. The summed E-state index contributed by atoms with van der Waals surface area (Å²) >= 11 is 3.39. The molecule has 2 unspecified atom stereocenters. The molecule has 1 aliphatic heterocycles. The van der Waals surface area contributed by atoms with Gasteiger partial charge in [0.2, 0.25) is 17.7 Å². The summed E-state index contributed by atoms with van der Waals surface area (Å²) in [5.41, 5.74) is 0.750. The monoisotopic (exact) mass is 465 g/mol. The van der Waals surface area contributed by atoms with E-state index < -0.39 is 35.4 Å². The van der Waals surface area contributed by atoms with Crippen LogP contribution in [-0.2, 0) is 14.4 Å². The van der Waals surface area contributed by atoms with E-state index in [1.54, 1.807) is 18.2 Å². The molecule has 0 aromatic heterocycles. The van der Waals surface area contributed by atoms with E-state index in [4.69, 9.17) is 0 Å². The molecule has 1 fully saturated rings. The Morgan fingerprint density at radius 1 is 1.17 bits per heavy atom. The Hall–Kier alpha value is -2.81. The highest BCUT2D eigenvalue weighted by Crippen LogP contribution is 2.31. The van der Waals surface area contributed by atoms with Gasteiger partial charge in [0, 0.05) is 24.5 Å². The molecule has 9 heteroatoms. The third-order valence-corrected chi connectivity index (χ3v) is 5.38. The molecule has 3 amide bonds. The first kappa shape index (κ1) is 20.9. The Morgan fingerprint density at radius 2 is 1.90 bits per heavy atom. The number of carbonyl (C=O) groups excluding carboxylic acids is 3. The molecule has 0 spiro atoms. The van der Waals surface area contributed by atoms with Crippen LogP contribution in [0.4, 0.5) is 14.5 Å². The lowest BCUT2D eigenvalue weighted by Gasteiger charge is -2.21. The lowest BCUT2D eigenvalue weighted by molar-refractivity contribution is -0.131. The SMILES string of the molecule is CNC(=O)C(NC(=O)C1CC(=O)N(c2ccccc2Br)C1)c1ccc(F)c(F)c1. The molecule has 0 bridgehead atoms. The van der Waals surface area contributed by atoms with E-state index in [-0.39, 0.29) is 24.4 Å². The number of hydrogen-bond acceptors (Lipinski definition) is 3. The minimum atomic E-state index is -1.21. The van der Waals surface area contributed by atoms with Gasteiger partial charge >= 0.3 is 0 Å². The van der Waals surface area contributed by atoms with E-state index in [1.165, 1.54) is 18.0 Å². The van der Waals surface area contributed by atoms with Crippen molar-refractivity contribution in [3.63, 3.8) is 0 Å². The Bertz CT molecular complexity index is 970. The second kappa shape index (κ2) is 8.69. The van der Waals surface area contributed by atoms with E-state index in [0.29, 0.717) is 5.69 Å². The second-order valence-electron chi connectivity index (χ2n) is 6.59. The quantitative estimate of drug-likeness (QED) is 0.712. The molecule has 0 radical (unpaired) electrons. The lowest BCUT2D eigenvalue weighted by atomic mass is 10.0. The maximum absolute atomic E-state index is 13.6. The molecule has 2 N–H and O–H groups in total. The molecular weight excluding hydrogens is 448 g/mol. The number of carbonyl (C=O) groups is 3.